The van der Waals surface area contributed by atoms with E-state index < -0.39 is 29.1 Å². The largest absolute Gasteiger partial charge is 0.497 e. The second kappa shape index (κ2) is 9.02. The summed E-state index contributed by atoms with van der Waals surface area (Å²) in [4.78, 5) is 39.8. The van der Waals surface area contributed by atoms with Crippen molar-refractivity contribution in [3.05, 3.63) is 54.1 Å². The quantitative estimate of drug-likeness (QED) is 0.431. The topological polar surface area (TPSA) is 90.9 Å². The van der Waals surface area contributed by atoms with Crippen LogP contribution in [0.4, 0.5) is 5.69 Å². The first kappa shape index (κ1) is 21.9. The summed E-state index contributed by atoms with van der Waals surface area (Å²) < 4.78 is 15.9. The van der Waals surface area contributed by atoms with E-state index in [2.05, 4.69) is 5.32 Å². The van der Waals surface area contributed by atoms with E-state index in [0.717, 1.165) is 19.3 Å². The summed E-state index contributed by atoms with van der Waals surface area (Å²) in [7, 11) is 2.92. The third kappa shape index (κ3) is 3.83. The number of benzene rings is 2. The molecule has 2 aliphatic rings. The van der Waals surface area contributed by atoms with Crippen LogP contribution in [0.3, 0.4) is 0 Å². The molecule has 1 aliphatic heterocycles. The molecule has 2 aromatic rings. The average Bonchev–Trinajstić information content (AvgIpc) is 2.83. The highest BCUT2D eigenvalue weighted by molar-refractivity contribution is 6.07. The summed E-state index contributed by atoms with van der Waals surface area (Å²) >= 11 is 0. The van der Waals surface area contributed by atoms with Crippen molar-refractivity contribution in [1.82, 2.24) is 0 Å². The molecule has 2 aromatic carbocycles. The second-order valence-electron chi connectivity index (χ2n) is 8.34. The number of carbonyl (C=O) groups excluding carboxylic acids is 3. The highest BCUT2D eigenvalue weighted by Gasteiger charge is 2.57. The highest BCUT2D eigenvalue weighted by atomic mass is 16.5. The fourth-order valence-corrected chi connectivity index (χ4v) is 5.12. The molecule has 1 amide bonds. The molecule has 1 N–H and O–H groups in total. The minimum Gasteiger partial charge on any atom is -0.497 e. The van der Waals surface area contributed by atoms with Gasteiger partial charge >= 0.3 is 11.9 Å². The van der Waals surface area contributed by atoms with Gasteiger partial charge in [-0.3, -0.25) is 14.4 Å². The van der Waals surface area contributed by atoms with E-state index in [1.807, 2.05) is 12.1 Å². The molecule has 0 spiro atoms. The summed E-state index contributed by atoms with van der Waals surface area (Å²) in [5.41, 5.74) is 0.246. The molecule has 1 saturated carbocycles. The minimum atomic E-state index is -1.18. The molecule has 4 rings (SSSR count). The standard InChI is InChI=1S/C25H27NO6/c1-30-17-12-10-16(11-13-17)26-22(27)20-21(18-8-4-5-9-19(18)32-23(20)28)25(24(29)31-2)14-6-3-7-15-25/h4-5,8-13,20-21H,3,6-7,14-15H2,1-2H3,(H,26,27). The van der Waals surface area contributed by atoms with Crippen molar-refractivity contribution in [2.75, 3.05) is 19.5 Å². The van der Waals surface area contributed by atoms with Gasteiger partial charge in [-0.25, -0.2) is 0 Å². The van der Waals surface area contributed by atoms with Gasteiger partial charge in [0.1, 0.15) is 17.4 Å². The van der Waals surface area contributed by atoms with E-state index in [1.165, 1.54) is 7.11 Å². The van der Waals surface area contributed by atoms with Gasteiger partial charge in [0.25, 0.3) is 0 Å². The number of rotatable bonds is 5. The van der Waals surface area contributed by atoms with E-state index in [1.54, 1.807) is 43.5 Å². The van der Waals surface area contributed by atoms with Crippen LogP contribution < -0.4 is 14.8 Å². The Hall–Kier alpha value is -3.35. The van der Waals surface area contributed by atoms with Gasteiger partial charge in [0.2, 0.25) is 5.91 Å². The van der Waals surface area contributed by atoms with Crippen LogP contribution in [0.15, 0.2) is 48.5 Å². The smallest absolute Gasteiger partial charge is 0.324 e. The Morgan fingerprint density at radius 1 is 1.00 bits per heavy atom. The highest BCUT2D eigenvalue weighted by Crippen LogP contribution is 2.55. The molecule has 1 aliphatic carbocycles. The maximum atomic E-state index is 13.5. The normalized spacial score (nSPS) is 21.6. The van der Waals surface area contributed by atoms with Crippen LogP contribution in [-0.2, 0) is 19.1 Å². The zero-order valence-electron chi connectivity index (χ0n) is 18.3. The van der Waals surface area contributed by atoms with Crippen LogP contribution >= 0.6 is 0 Å². The number of para-hydroxylation sites is 1. The first-order valence-corrected chi connectivity index (χ1v) is 10.8. The molecule has 7 heteroatoms. The lowest BCUT2D eigenvalue weighted by Gasteiger charge is -2.45. The van der Waals surface area contributed by atoms with Crippen molar-refractivity contribution >= 4 is 23.5 Å². The van der Waals surface area contributed by atoms with Gasteiger partial charge in [0.05, 0.1) is 19.6 Å². The first-order chi connectivity index (χ1) is 15.5. The maximum Gasteiger partial charge on any atom is 0.324 e. The van der Waals surface area contributed by atoms with Gasteiger partial charge in [-0.05, 0) is 43.2 Å². The number of esters is 2. The van der Waals surface area contributed by atoms with E-state index >= 15 is 0 Å². The van der Waals surface area contributed by atoms with Crippen molar-refractivity contribution in [3.63, 3.8) is 0 Å². The summed E-state index contributed by atoms with van der Waals surface area (Å²) in [5.74, 6) is -2.35. The minimum absolute atomic E-state index is 0.381. The van der Waals surface area contributed by atoms with Gasteiger partial charge < -0.3 is 19.5 Å². The predicted molar refractivity (Wildman–Crippen MR) is 117 cm³/mol. The number of hydrogen-bond donors (Lipinski definition) is 1. The number of fused-ring (bicyclic) bond motifs is 1. The van der Waals surface area contributed by atoms with Gasteiger partial charge in [0, 0.05) is 17.2 Å². The van der Waals surface area contributed by atoms with Crippen LogP contribution in [0.1, 0.15) is 43.6 Å². The van der Waals surface area contributed by atoms with Gasteiger partial charge in [-0.15, -0.1) is 0 Å². The summed E-state index contributed by atoms with van der Waals surface area (Å²) in [6.07, 6.45) is 3.77. The van der Waals surface area contributed by atoms with Crippen molar-refractivity contribution < 1.29 is 28.6 Å². The molecular weight excluding hydrogens is 410 g/mol. The van der Waals surface area contributed by atoms with E-state index in [-0.39, 0.29) is 5.97 Å². The lowest BCUT2D eigenvalue weighted by Crippen LogP contribution is -2.51. The Morgan fingerprint density at radius 3 is 2.34 bits per heavy atom. The summed E-state index contributed by atoms with van der Waals surface area (Å²) in [6.45, 7) is 0. The Bertz CT molecular complexity index is 1010. The van der Waals surface area contributed by atoms with Gasteiger partial charge in [0.15, 0.2) is 0 Å². The molecule has 1 heterocycles. The lowest BCUT2D eigenvalue weighted by atomic mass is 9.59. The third-order valence-electron chi connectivity index (χ3n) is 6.62. The van der Waals surface area contributed by atoms with Crippen molar-refractivity contribution in [2.45, 2.75) is 38.0 Å². The van der Waals surface area contributed by atoms with Crippen molar-refractivity contribution in [3.8, 4) is 11.5 Å². The van der Waals surface area contributed by atoms with Crippen LogP contribution in [0.25, 0.3) is 0 Å². The van der Waals surface area contributed by atoms with Crippen molar-refractivity contribution in [1.29, 1.82) is 0 Å². The molecule has 168 valence electrons. The van der Waals surface area contributed by atoms with Gasteiger partial charge in [-0.2, -0.15) is 0 Å². The molecule has 0 radical (unpaired) electrons. The molecule has 7 nitrogen and oxygen atoms in total. The Kier molecular flexibility index (Phi) is 6.17. The average molecular weight is 437 g/mol. The Morgan fingerprint density at radius 2 is 1.69 bits per heavy atom. The number of carbonyl (C=O) groups is 3. The number of amides is 1. The van der Waals surface area contributed by atoms with Gasteiger partial charge in [-0.1, -0.05) is 37.5 Å². The maximum absolute atomic E-state index is 13.5. The first-order valence-electron chi connectivity index (χ1n) is 10.8. The van der Waals surface area contributed by atoms with E-state index in [9.17, 15) is 14.4 Å². The summed E-state index contributed by atoms with van der Waals surface area (Å²) in [6, 6.07) is 14.0. The predicted octanol–water partition coefficient (Wildman–Crippen LogP) is 4.08. The lowest BCUT2D eigenvalue weighted by molar-refractivity contribution is -0.162. The Balaban J connectivity index is 1.77. The van der Waals surface area contributed by atoms with E-state index in [0.29, 0.717) is 35.6 Å². The number of ether oxygens (including phenoxy) is 3. The molecule has 0 aromatic heterocycles. The SMILES string of the molecule is COC(=O)C1(C2c3ccccc3OC(=O)C2C(=O)Nc2ccc(OC)cc2)CCCCC1. The van der Waals surface area contributed by atoms with Crippen LogP contribution in [0, 0.1) is 11.3 Å². The third-order valence-corrected chi connectivity index (χ3v) is 6.62. The number of anilines is 1. The molecular formula is C25H27NO6. The molecule has 0 saturated heterocycles. The van der Waals surface area contributed by atoms with Crippen LogP contribution in [0.2, 0.25) is 0 Å². The number of methoxy groups -OCH3 is 2. The Labute approximate surface area is 187 Å². The second-order valence-corrected chi connectivity index (χ2v) is 8.34. The zero-order valence-corrected chi connectivity index (χ0v) is 18.3. The summed E-state index contributed by atoms with van der Waals surface area (Å²) in [5, 5.41) is 2.82. The molecule has 1 fully saturated rings. The fraction of sp³-hybridized carbons (Fsp3) is 0.400. The monoisotopic (exact) mass is 437 g/mol. The van der Waals surface area contributed by atoms with Crippen molar-refractivity contribution in [2.24, 2.45) is 11.3 Å². The van der Waals surface area contributed by atoms with Crippen LogP contribution in [-0.4, -0.2) is 32.1 Å². The van der Waals surface area contributed by atoms with E-state index in [4.69, 9.17) is 14.2 Å². The molecule has 32 heavy (non-hydrogen) atoms. The molecule has 0 bridgehead atoms. The molecule has 2 unspecified atom stereocenters. The number of hydrogen-bond acceptors (Lipinski definition) is 6. The fourth-order valence-electron chi connectivity index (χ4n) is 5.12. The molecule has 2 atom stereocenters. The van der Waals surface area contributed by atoms with Crippen LogP contribution in [0.5, 0.6) is 11.5 Å². The zero-order chi connectivity index (χ0) is 22.7. The number of nitrogens with one attached hydrogen (secondary N) is 1.